The normalized spacial score (nSPS) is 18.7. The molecule has 0 saturated carbocycles. The fraction of sp³-hybridized carbons (Fsp3) is 0.143. The molecule has 0 saturated heterocycles. The number of hydrogen-bond acceptors (Lipinski definition) is 0. The first kappa shape index (κ1) is 8.84. The van der Waals surface area contributed by atoms with E-state index < -0.39 is 0 Å². The van der Waals surface area contributed by atoms with Crippen LogP contribution in [0.15, 0.2) is 54.6 Å². The Hall–Kier alpha value is -1.74. The molecule has 1 aromatic carbocycles. The third-order valence-corrected chi connectivity index (χ3v) is 2.16. The van der Waals surface area contributed by atoms with Gasteiger partial charge >= 0.3 is 0 Å². The summed E-state index contributed by atoms with van der Waals surface area (Å²) in [6, 6.07) is 10.1. The molecule has 0 radical (unpaired) electrons. The second kappa shape index (κ2) is 4.48. The van der Waals surface area contributed by atoms with Crippen molar-refractivity contribution in [2.75, 3.05) is 0 Å². The fourth-order valence-electron chi connectivity index (χ4n) is 1.39. The second-order valence-corrected chi connectivity index (χ2v) is 3.29. The van der Waals surface area contributed by atoms with Gasteiger partial charge in [-0.15, -0.1) is 0 Å². The molecular formula is C14H12. The molecule has 0 aromatic heterocycles. The first-order valence-corrected chi connectivity index (χ1v) is 4.85. The minimum Gasteiger partial charge on any atom is -0.0900 e. The molecule has 0 bridgehead atoms. The van der Waals surface area contributed by atoms with Crippen LogP contribution in [0.5, 0.6) is 0 Å². The molecule has 0 fully saturated rings. The van der Waals surface area contributed by atoms with Crippen LogP contribution in [-0.2, 0) is 0 Å². The van der Waals surface area contributed by atoms with Crippen molar-refractivity contribution in [1.82, 2.24) is 0 Å². The summed E-state index contributed by atoms with van der Waals surface area (Å²) in [6.07, 6.45) is 9.48. The highest BCUT2D eigenvalue weighted by Crippen LogP contribution is 2.10. The molecule has 0 spiro atoms. The molecule has 0 heteroatoms. The highest BCUT2D eigenvalue weighted by molar-refractivity contribution is 5.35. The lowest BCUT2D eigenvalue weighted by atomic mass is 10.0. The minimum absolute atomic E-state index is 0.389. The lowest BCUT2D eigenvalue weighted by molar-refractivity contribution is 0.852. The van der Waals surface area contributed by atoms with Crippen LogP contribution in [0.25, 0.3) is 0 Å². The number of benzene rings is 1. The van der Waals surface area contributed by atoms with Gasteiger partial charge in [-0.05, 0) is 18.6 Å². The summed E-state index contributed by atoms with van der Waals surface area (Å²) in [5.41, 5.74) is 1.09. The van der Waals surface area contributed by atoms with Crippen LogP contribution in [0.2, 0.25) is 0 Å². The average molecular weight is 180 g/mol. The molecule has 68 valence electrons. The zero-order valence-corrected chi connectivity index (χ0v) is 7.98. The van der Waals surface area contributed by atoms with Crippen molar-refractivity contribution >= 4 is 0 Å². The van der Waals surface area contributed by atoms with Crippen molar-refractivity contribution < 1.29 is 0 Å². The van der Waals surface area contributed by atoms with E-state index in [0.717, 1.165) is 12.0 Å². The van der Waals surface area contributed by atoms with E-state index in [9.17, 15) is 0 Å². The fourth-order valence-corrected chi connectivity index (χ4v) is 1.39. The van der Waals surface area contributed by atoms with Gasteiger partial charge < -0.3 is 0 Å². The van der Waals surface area contributed by atoms with Crippen LogP contribution in [0.1, 0.15) is 12.0 Å². The summed E-state index contributed by atoms with van der Waals surface area (Å²) in [6.45, 7) is 0. The molecule has 0 aliphatic heterocycles. The molecule has 0 N–H and O–H groups in total. The maximum absolute atomic E-state index is 3.25. The Morgan fingerprint density at radius 3 is 2.64 bits per heavy atom. The lowest BCUT2D eigenvalue weighted by Crippen LogP contribution is -1.92. The second-order valence-electron chi connectivity index (χ2n) is 3.29. The predicted molar refractivity (Wildman–Crippen MR) is 59.7 cm³/mol. The maximum Gasteiger partial charge on any atom is 0.0424 e. The highest BCUT2D eigenvalue weighted by Gasteiger charge is 1.98. The van der Waals surface area contributed by atoms with Crippen LogP contribution in [0, 0.1) is 17.8 Å². The zero-order chi connectivity index (χ0) is 9.64. The third-order valence-electron chi connectivity index (χ3n) is 2.16. The van der Waals surface area contributed by atoms with Crippen molar-refractivity contribution in [2.45, 2.75) is 6.42 Å². The Morgan fingerprint density at radius 1 is 1.07 bits per heavy atom. The van der Waals surface area contributed by atoms with Gasteiger partial charge in [-0.1, -0.05) is 54.3 Å². The van der Waals surface area contributed by atoms with Gasteiger partial charge in [-0.2, -0.15) is 0 Å². The van der Waals surface area contributed by atoms with Gasteiger partial charge in [0, 0.05) is 11.5 Å². The molecule has 0 heterocycles. The van der Waals surface area contributed by atoms with E-state index in [1.54, 1.807) is 0 Å². The molecular weight excluding hydrogens is 168 g/mol. The van der Waals surface area contributed by atoms with Crippen molar-refractivity contribution in [2.24, 2.45) is 5.92 Å². The number of allylic oxidation sites excluding steroid dienone is 4. The summed E-state index contributed by atoms with van der Waals surface area (Å²) < 4.78 is 0. The van der Waals surface area contributed by atoms with Gasteiger partial charge in [0.05, 0.1) is 0 Å². The number of rotatable bonds is 0. The predicted octanol–water partition coefficient (Wildman–Crippen LogP) is 3.17. The Labute approximate surface area is 85.0 Å². The average Bonchev–Trinajstić information content (AvgIpc) is 2.29. The van der Waals surface area contributed by atoms with Crippen molar-refractivity contribution in [1.29, 1.82) is 0 Å². The van der Waals surface area contributed by atoms with E-state index in [1.165, 1.54) is 0 Å². The molecule has 1 unspecified atom stereocenters. The largest absolute Gasteiger partial charge is 0.0900 e. The summed E-state index contributed by atoms with van der Waals surface area (Å²) in [4.78, 5) is 0. The summed E-state index contributed by atoms with van der Waals surface area (Å²) in [7, 11) is 0. The van der Waals surface area contributed by atoms with Crippen LogP contribution in [-0.4, -0.2) is 0 Å². The Morgan fingerprint density at radius 2 is 1.93 bits per heavy atom. The van der Waals surface area contributed by atoms with E-state index >= 15 is 0 Å². The Kier molecular flexibility index (Phi) is 2.83. The van der Waals surface area contributed by atoms with Crippen LogP contribution in [0.4, 0.5) is 0 Å². The van der Waals surface area contributed by atoms with Crippen molar-refractivity contribution in [3.63, 3.8) is 0 Å². The van der Waals surface area contributed by atoms with E-state index in [2.05, 4.69) is 36.1 Å². The molecule has 1 aromatic rings. The van der Waals surface area contributed by atoms with Gasteiger partial charge in [-0.25, -0.2) is 0 Å². The van der Waals surface area contributed by atoms with Gasteiger partial charge in [0.1, 0.15) is 0 Å². The molecule has 0 nitrogen and oxygen atoms in total. The monoisotopic (exact) mass is 180 g/mol. The summed E-state index contributed by atoms with van der Waals surface area (Å²) in [5, 5.41) is 0. The van der Waals surface area contributed by atoms with Crippen LogP contribution < -0.4 is 0 Å². The summed E-state index contributed by atoms with van der Waals surface area (Å²) in [5.74, 6) is 6.82. The van der Waals surface area contributed by atoms with Crippen molar-refractivity contribution in [3.8, 4) is 11.8 Å². The van der Waals surface area contributed by atoms with E-state index in [4.69, 9.17) is 0 Å². The molecule has 1 aliphatic rings. The van der Waals surface area contributed by atoms with Gasteiger partial charge in [0.25, 0.3) is 0 Å². The SMILES string of the molecule is C(#CC1C=CC=CC1)c1ccccc1. The van der Waals surface area contributed by atoms with Gasteiger partial charge in [-0.3, -0.25) is 0 Å². The van der Waals surface area contributed by atoms with E-state index in [0.29, 0.717) is 5.92 Å². The number of hydrogen-bond donors (Lipinski definition) is 0. The first-order valence-electron chi connectivity index (χ1n) is 4.85. The first-order chi connectivity index (χ1) is 6.95. The smallest absolute Gasteiger partial charge is 0.0424 e. The minimum atomic E-state index is 0.389. The van der Waals surface area contributed by atoms with Crippen LogP contribution in [0.3, 0.4) is 0 Å². The third kappa shape index (κ3) is 2.37. The highest BCUT2D eigenvalue weighted by atomic mass is 14.0. The van der Waals surface area contributed by atoms with E-state index in [1.807, 2.05) is 30.3 Å². The standard InChI is InChI=1S/C14H12/c1-3-7-13(8-4-1)11-12-14-9-5-2-6-10-14/h1-9,14H,10H2. The van der Waals surface area contributed by atoms with Crippen LogP contribution >= 0.6 is 0 Å². The summed E-state index contributed by atoms with van der Waals surface area (Å²) >= 11 is 0. The maximum atomic E-state index is 3.25. The Balaban J connectivity index is 2.07. The van der Waals surface area contributed by atoms with Gasteiger partial charge in [0.2, 0.25) is 0 Å². The van der Waals surface area contributed by atoms with Gasteiger partial charge in [0.15, 0.2) is 0 Å². The molecule has 0 amide bonds. The molecule has 2 rings (SSSR count). The molecule has 1 atom stereocenters. The molecule has 1 aliphatic carbocycles. The van der Waals surface area contributed by atoms with E-state index in [-0.39, 0.29) is 0 Å². The molecule has 14 heavy (non-hydrogen) atoms. The lowest BCUT2D eigenvalue weighted by Gasteiger charge is -2.03. The topological polar surface area (TPSA) is 0 Å². The quantitative estimate of drug-likeness (QED) is 0.538. The Bertz CT molecular complexity index is 399. The zero-order valence-electron chi connectivity index (χ0n) is 7.98. The van der Waals surface area contributed by atoms with Crippen molar-refractivity contribution in [3.05, 3.63) is 60.2 Å².